The van der Waals surface area contributed by atoms with Gasteiger partial charge in [-0.15, -0.1) is 0 Å². The van der Waals surface area contributed by atoms with E-state index >= 15 is 0 Å². The molecule has 1 N–H and O–H groups in total. The lowest BCUT2D eigenvalue weighted by atomic mass is 9.83. The lowest BCUT2D eigenvalue weighted by molar-refractivity contribution is 0.0874. The average molecular weight is 197 g/mol. The zero-order valence-corrected chi connectivity index (χ0v) is 8.63. The first-order valence-corrected chi connectivity index (χ1v) is 5.38. The zero-order chi connectivity index (χ0) is 9.42. The van der Waals surface area contributed by atoms with Crippen LogP contribution < -0.4 is 0 Å². The summed E-state index contributed by atoms with van der Waals surface area (Å²) >= 11 is 4.62. The van der Waals surface area contributed by atoms with Crippen molar-refractivity contribution >= 4 is 17.4 Å². The Morgan fingerprint density at radius 3 is 2.62 bits per heavy atom. The Kier molecular flexibility index (Phi) is 2.50. The minimum atomic E-state index is -0.146. The van der Waals surface area contributed by atoms with Crippen LogP contribution >= 0.6 is 12.2 Å². The number of aliphatic imine (C=N–C) groups is 1. The van der Waals surface area contributed by atoms with Crippen molar-refractivity contribution in [2.45, 2.75) is 38.3 Å². The number of thiocarbonyl (C=S) groups is 1. The Morgan fingerprint density at radius 1 is 1.38 bits per heavy atom. The summed E-state index contributed by atoms with van der Waals surface area (Å²) in [5, 5.41) is 12.0. The second-order valence-corrected chi connectivity index (χ2v) is 4.60. The van der Waals surface area contributed by atoms with Gasteiger partial charge in [0.2, 0.25) is 0 Å². The van der Waals surface area contributed by atoms with Crippen molar-refractivity contribution in [1.29, 1.82) is 0 Å². The lowest BCUT2D eigenvalue weighted by Gasteiger charge is -2.27. The Morgan fingerprint density at radius 2 is 2.15 bits per heavy atom. The van der Waals surface area contributed by atoms with Crippen LogP contribution in [-0.4, -0.2) is 22.4 Å². The van der Waals surface area contributed by atoms with Crippen LogP contribution in [0.15, 0.2) is 4.99 Å². The van der Waals surface area contributed by atoms with Gasteiger partial charge in [0, 0.05) is 0 Å². The molecule has 0 radical (unpaired) electrons. The number of nitrogens with zero attached hydrogens (tertiary/aromatic N) is 1. The van der Waals surface area contributed by atoms with E-state index in [0.717, 1.165) is 12.8 Å². The smallest absolute Gasteiger partial charge is 0.0633 e. The quantitative estimate of drug-likeness (QED) is 0.541. The van der Waals surface area contributed by atoms with E-state index in [9.17, 15) is 5.11 Å². The number of aliphatic hydroxyl groups is 1. The third kappa shape index (κ3) is 1.56. The molecule has 1 unspecified atom stereocenters. The van der Waals surface area contributed by atoms with Crippen LogP contribution in [-0.2, 0) is 0 Å². The van der Waals surface area contributed by atoms with Crippen molar-refractivity contribution in [1.82, 2.24) is 0 Å². The predicted octanol–water partition coefficient (Wildman–Crippen LogP) is 1.88. The van der Waals surface area contributed by atoms with Crippen molar-refractivity contribution in [3.63, 3.8) is 0 Å². The summed E-state index contributed by atoms with van der Waals surface area (Å²) in [4.78, 5) is 4.18. The molecule has 2 fully saturated rings. The summed E-state index contributed by atoms with van der Waals surface area (Å²) in [5.41, 5.74) is 0. The Bertz CT molecular complexity index is 247. The van der Waals surface area contributed by atoms with Gasteiger partial charge in [-0.2, -0.15) is 0 Å². The van der Waals surface area contributed by atoms with Gasteiger partial charge in [-0.25, -0.2) is 4.99 Å². The van der Waals surface area contributed by atoms with E-state index in [-0.39, 0.29) is 6.10 Å². The second kappa shape index (κ2) is 3.49. The number of rotatable bonds is 2. The molecule has 0 spiro atoms. The molecule has 0 aromatic carbocycles. The minimum absolute atomic E-state index is 0.146. The largest absolute Gasteiger partial charge is 0.393 e. The molecular weight excluding hydrogens is 182 g/mol. The predicted molar refractivity (Wildman–Crippen MR) is 54.8 cm³/mol. The summed E-state index contributed by atoms with van der Waals surface area (Å²) in [7, 11) is 0. The number of aliphatic hydroxyl groups excluding tert-OH is 1. The molecule has 2 bridgehead atoms. The van der Waals surface area contributed by atoms with E-state index in [0.29, 0.717) is 23.8 Å². The van der Waals surface area contributed by atoms with Gasteiger partial charge in [-0.05, 0) is 56.2 Å². The van der Waals surface area contributed by atoms with Crippen LogP contribution in [0.5, 0.6) is 0 Å². The molecule has 3 heteroatoms. The minimum Gasteiger partial charge on any atom is -0.393 e. The van der Waals surface area contributed by atoms with Gasteiger partial charge in [-0.3, -0.25) is 0 Å². The SMILES string of the molecule is CC(O)[C@H]1C[C@@H]2C[C@@H]1C[C@@H]2N=C=S. The average Bonchev–Trinajstić information content (AvgIpc) is 2.62. The number of fused-ring (bicyclic) bond motifs is 2. The van der Waals surface area contributed by atoms with Crippen molar-refractivity contribution in [3.05, 3.63) is 0 Å². The Balaban J connectivity index is 2.02. The highest BCUT2D eigenvalue weighted by Gasteiger charge is 2.47. The molecule has 0 aromatic rings. The molecule has 0 aliphatic heterocycles. The number of hydrogen-bond donors (Lipinski definition) is 1. The molecule has 0 amide bonds. The monoisotopic (exact) mass is 197 g/mol. The third-order valence-electron chi connectivity index (χ3n) is 3.71. The summed E-state index contributed by atoms with van der Waals surface area (Å²) in [5.74, 6) is 1.86. The molecule has 2 rings (SSSR count). The molecule has 13 heavy (non-hydrogen) atoms. The molecule has 5 atom stereocenters. The van der Waals surface area contributed by atoms with Crippen molar-refractivity contribution in [3.8, 4) is 0 Å². The zero-order valence-electron chi connectivity index (χ0n) is 7.81. The first-order valence-electron chi connectivity index (χ1n) is 4.97. The molecule has 2 aliphatic carbocycles. The van der Waals surface area contributed by atoms with Crippen molar-refractivity contribution < 1.29 is 5.11 Å². The van der Waals surface area contributed by atoms with Gasteiger partial charge < -0.3 is 5.11 Å². The Hall–Kier alpha value is -0.240. The number of hydrogen-bond acceptors (Lipinski definition) is 3. The fourth-order valence-corrected chi connectivity index (χ4v) is 3.24. The molecule has 2 nitrogen and oxygen atoms in total. The maximum Gasteiger partial charge on any atom is 0.0633 e. The van der Waals surface area contributed by atoms with Crippen LogP contribution in [0.25, 0.3) is 0 Å². The van der Waals surface area contributed by atoms with Crippen LogP contribution in [0.1, 0.15) is 26.2 Å². The number of isothiocyanates is 1. The van der Waals surface area contributed by atoms with Crippen LogP contribution in [0, 0.1) is 17.8 Å². The first kappa shape index (κ1) is 9.32. The summed E-state index contributed by atoms with van der Waals surface area (Å²) in [6.45, 7) is 1.91. The summed E-state index contributed by atoms with van der Waals surface area (Å²) < 4.78 is 0. The summed E-state index contributed by atoms with van der Waals surface area (Å²) in [6.07, 6.45) is 3.34. The highest BCUT2D eigenvalue weighted by Crippen LogP contribution is 2.50. The van der Waals surface area contributed by atoms with Crippen LogP contribution in [0.4, 0.5) is 0 Å². The topological polar surface area (TPSA) is 32.6 Å². The fraction of sp³-hybridized carbons (Fsp3) is 0.900. The Labute approximate surface area is 84.1 Å². The van der Waals surface area contributed by atoms with Crippen LogP contribution in [0.2, 0.25) is 0 Å². The lowest BCUT2D eigenvalue weighted by Crippen LogP contribution is -2.27. The standard InChI is InChI=1S/C10H15NOS/c1-6(12)9-3-8-2-7(9)4-10(8)11-5-13/h6-10,12H,2-4H2,1H3/t6?,7-,8+,9-,10+/m1/s1. The van der Waals surface area contributed by atoms with Gasteiger partial charge in [0.05, 0.1) is 17.3 Å². The van der Waals surface area contributed by atoms with Crippen molar-refractivity contribution in [2.75, 3.05) is 0 Å². The molecule has 0 heterocycles. The highest BCUT2D eigenvalue weighted by atomic mass is 32.1. The molecule has 72 valence electrons. The van der Waals surface area contributed by atoms with E-state index in [1.165, 1.54) is 6.42 Å². The maximum atomic E-state index is 9.52. The van der Waals surface area contributed by atoms with Crippen LogP contribution in [0.3, 0.4) is 0 Å². The van der Waals surface area contributed by atoms with E-state index < -0.39 is 0 Å². The van der Waals surface area contributed by atoms with E-state index in [1.807, 2.05) is 6.92 Å². The van der Waals surface area contributed by atoms with Gasteiger partial charge in [0.1, 0.15) is 0 Å². The fourth-order valence-electron chi connectivity index (χ4n) is 3.11. The van der Waals surface area contributed by atoms with Gasteiger partial charge in [0.15, 0.2) is 0 Å². The highest BCUT2D eigenvalue weighted by molar-refractivity contribution is 7.78. The molecule has 2 saturated carbocycles. The normalized spacial score (nSPS) is 44.5. The van der Waals surface area contributed by atoms with Crippen molar-refractivity contribution in [2.24, 2.45) is 22.7 Å². The van der Waals surface area contributed by atoms with Gasteiger partial charge in [0.25, 0.3) is 0 Å². The van der Waals surface area contributed by atoms with E-state index in [4.69, 9.17) is 0 Å². The molecular formula is C10H15NOS. The van der Waals surface area contributed by atoms with E-state index in [2.05, 4.69) is 22.4 Å². The van der Waals surface area contributed by atoms with E-state index in [1.54, 1.807) is 0 Å². The van der Waals surface area contributed by atoms with Gasteiger partial charge in [-0.1, -0.05) is 0 Å². The summed E-state index contributed by atoms with van der Waals surface area (Å²) in [6, 6.07) is 0.414. The molecule has 0 aromatic heterocycles. The second-order valence-electron chi connectivity index (χ2n) is 4.42. The first-order chi connectivity index (χ1) is 6.22. The molecule has 0 saturated heterocycles. The maximum absolute atomic E-state index is 9.52. The molecule has 2 aliphatic rings. The van der Waals surface area contributed by atoms with Gasteiger partial charge >= 0.3 is 0 Å². The third-order valence-corrected chi connectivity index (χ3v) is 3.82.